The van der Waals surface area contributed by atoms with Gasteiger partial charge in [0.1, 0.15) is 5.82 Å². The number of benzene rings is 1. The SMILES string of the molecule is NC1CCN(Cc2cccc(Cl)c2F)C1. The molecule has 0 spiro atoms. The summed E-state index contributed by atoms with van der Waals surface area (Å²) in [4.78, 5) is 2.15. The van der Waals surface area contributed by atoms with E-state index in [0.717, 1.165) is 19.5 Å². The van der Waals surface area contributed by atoms with Crippen LogP contribution in [0.25, 0.3) is 0 Å². The minimum Gasteiger partial charge on any atom is -0.326 e. The van der Waals surface area contributed by atoms with Gasteiger partial charge in [0.05, 0.1) is 5.02 Å². The molecule has 0 aromatic heterocycles. The van der Waals surface area contributed by atoms with E-state index < -0.39 is 0 Å². The van der Waals surface area contributed by atoms with Crippen LogP contribution in [0.15, 0.2) is 18.2 Å². The number of rotatable bonds is 2. The van der Waals surface area contributed by atoms with Gasteiger partial charge >= 0.3 is 0 Å². The average Bonchev–Trinajstić information content (AvgIpc) is 2.59. The van der Waals surface area contributed by atoms with Gasteiger partial charge in [0, 0.05) is 31.2 Å². The molecule has 0 saturated carbocycles. The molecule has 0 bridgehead atoms. The summed E-state index contributed by atoms with van der Waals surface area (Å²) in [5.41, 5.74) is 6.43. The lowest BCUT2D eigenvalue weighted by Gasteiger charge is -2.15. The zero-order valence-electron chi connectivity index (χ0n) is 8.42. The summed E-state index contributed by atoms with van der Waals surface area (Å²) in [5.74, 6) is -0.306. The smallest absolute Gasteiger partial charge is 0.146 e. The molecule has 0 amide bonds. The lowest BCUT2D eigenvalue weighted by Crippen LogP contribution is -2.26. The van der Waals surface area contributed by atoms with E-state index in [-0.39, 0.29) is 16.9 Å². The van der Waals surface area contributed by atoms with Gasteiger partial charge in [-0.05, 0) is 12.5 Å². The molecule has 1 saturated heterocycles. The zero-order valence-corrected chi connectivity index (χ0v) is 9.17. The van der Waals surface area contributed by atoms with Crippen molar-refractivity contribution in [2.75, 3.05) is 13.1 Å². The number of nitrogens with two attached hydrogens (primary N) is 1. The summed E-state index contributed by atoms with van der Waals surface area (Å²) in [6.45, 7) is 2.37. The van der Waals surface area contributed by atoms with Gasteiger partial charge in [-0.15, -0.1) is 0 Å². The highest BCUT2D eigenvalue weighted by atomic mass is 35.5. The van der Waals surface area contributed by atoms with Crippen molar-refractivity contribution in [3.05, 3.63) is 34.6 Å². The van der Waals surface area contributed by atoms with Crippen LogP contribution in [-0.4, -0.2) is 24.0 Å². The molecule has 0 aliphatic carbocycles. The van der Waals surface area contributed by atoms with E-state index in [1.54, 1.807) is 18.2 Å². The molecular weight excluding hydrogens is 215 g/mol. The maximum Gasteiger partial charge on any atom is 0.146 e. The molecule has 1 unspecified atom stereocenters. The minimum atomic E-state index is -0.306. The molecule has 1 heterocycles. The van der Waals surface area contributed by atoms with Crippen molar-refractivity contribution >= 4 is 11.6 Å². The maximum atomic E-state index is 13.6. The summed E-state index contributed by atoms with van der Waals surface area (Å²) < 4.78 is 13.6. The number of halogens is 2. The first-order valence-electron chi connectivity index (χ1n) is 5.07. The monoisotopic (exact) mass is 228 g/mol. The van der Waals surface area contributed by atoms with Crippen molar-refractivity contribution < 1.29 is 4.39 Å². The normalized spacial score (nSPS) is 22.2. The molecular formula is C11H14ClFN2. The second-order valence-electron chi connectivity index (χ2n) is 4.00. The van der Waals surface area contributed by atoms with Gasteiger partial charge in [-0.25, -0.2) is 4.39 Å². The maximum absolute atomic E-state index is 13.6. The number of hydrogen-bond acceptors (Lipinski definition) is 2. The molecule has 1 aliphatic heterocycles. The quantitative estimate of drug-likeness (QED) is 0.839. The third-order valence-electron chi connectivity index (χ3n) is 2.73. The Balaban J connectivity index is 2.07. The molecule has 1 aromatic carbocycles. The second-order valence-corrected chi connectivity index (χ2v) is 4.40. The third kappa shape index (κ3) is 2.48. The Bertz CT molecular complexity index is 356. The second kappa shape index (κ2) is 4.47. The van der Waals surface area contributed by atoms with E-state index in [0.29, 0.717) is 12.1 Å². The molecule has 82 valence electrons. The Morgan fingerprint density at radius 2 is 2.33 bits per heavy atom. The van der Waals surface area contributed by atoms with Crippen molar-refractivity contribution in [3.63, 3.8) is 0 Å². The molecule has 1 aliphatic rings. The van der Waals surface area contributed by atoms with Gasteiger partial charge in [-0.3, -0.25) is 4.90 Å². The fourth-order valence-corrected chi connectivity index (χ4v) is 2.11. The fraction of sp³-hybridized carbons (Fsp3) is 0.455. The van der Waals surface area contributed by atoms with Crippen molar-refractivity contribution in [2.24, 2.45) is 5.73 Å². The van der Waals surface area contributed by atoms with Crippen LogP contribution in [0.3, 0.4) is 0 Å². The van der Waals surface area contributed by atoms with Crippen LogP contribution in [-0.2, 0) is 6.54 Å². The number of hydrogen-bond donors (Lipinski definition) is 1. The van der Waals surface area contributed by atoms with E-state index in [9.17, 15) is 4.39 Å². The number of nitrogens with zero attached hydrogens (tertiary/aromatic N) is 1. The van der Waals surface area contributed by atoms with Crippen LogP contribution in [0.4, 0.5) is 4.39 Å². The summed E-state index contributed by atoms with van der Waals surface area (Å²) in [7, 11) is 0. The van der Waals surface area contributed by atoms with Gasteiger partial charge in [0.15, 0.2) is 0 Å². The predicted molar refractivity (Wildman–Crippen MR) is 59.3 cm³/mol. The Morgan fingerprint density at radius 1 is 1.53 bits per heavy atom. The Kier molecular flexibility index (Phi) is 3.24. The van der Waals surface area contributed by atoms with Gasteiger partial charge < -0.3 is 5.73 Å². The predicted octanol–water partition coefficient (Wildman–Crippen LogP) is 2.01. The van der Waals surface area contributed by atoms with Crippen molar-refractivity contribution in [3.8, 4) is 0 Å². The highest BCUT2D eigenvalue weighted by molar-refractivity contribution is 6.30. The van der Waals surface area contributed by atoms with Gasteiger partial charge in [0.25, 0.3) is 0 Å². The first kappa shape index (κ1) is 10.9. The van der Waals surface area contributed by atoms with Crippen LogP contribution >= 0.6 is 11.6 Å². The molecule has 15 heavy (non-hydrogen) atoms. The molecule has 1 atom stereocenters. The van der Waals surface area contributed by atoms with Gasteiger partial charge in [0.2, 0.25) is 0 Å². The summed E-state index contributed by atoms with van der Waals surface area (Å²) in [6, 6.07) is 5.34. The Hall–Kier alpha value is -0.640. The average molecular weight is 229 g/mol. The van der Waals surface area contributed by atoms with Crippen molar-refractivity contribution in [2.45, 2.75) is 19.0 Å². The van der Waals surface area contributed by atoms with Crippen LogP contribution in [0.5, 0.6) is 0 Å². The lowest BCUT2D eigenvalue weighted by atomic mass is 10.2. The summed E-state index contributed by atoms with van der Waals surface area (Å²) in [6.07, 6.45) is 0.988. The van der Waals surface area contributed by atoms with Crippen LogP contribution < -0.4 is 5.73 Å². The molecule has 2 rings (SSSR count). The molecule has 1 fully saturated rings. The van der Waals surface area contributed by atoms with Crippen LogP contribution in [0, 0.1) is 5.82 Å². The lowest BCUT2D eigenvalue weighted by molar-refractivity contribution is 0.321. The van der Waals surface area contributed by atoms with Gasteiger partial charge in [-0.2, -0.15) is 0 Å². The zero-order chi connectivity index (χ0) is 10.8. The molecule has 2 N–H and O–H groups in total. The van der Waals surface area contributed by atoms with Gasteiger partial charge in [-0.1, -0.05) is 23.7 Å². The topological polar surface area (TPSA) is 29.3 Å². The van der Waals surface area contributed by atoms with Crippen molar-refractivity contribution in [1.82, 2.24) is 4.90 Å². The van der Waals surface area contributed by atoms with E-state index in [1.807, 2.05) is 0 Å². The largest absolute Gasteiger partial charge is 0.326 e. The van der Waals surface area contributed by atoms with Crippen LogP contribution in [0.2, 0.25) is 5.02 Å². The Morgan fingerprint density at radius 3 is 3.00 bits per heavy atom. The highest BCUT2D eigenvalue weighted by Crippen LogP contribution is 2.20. The fourth-order valence-electron chi connectivity index (χ4n) is 1.92. The van der Waals surface area contributed by atoms with E-state index in [4.69, 9.17) is 17.3 Å². The summed E-state index contributed by atoms with van der Waals surface area (Å²) >= 11 is 5.71. The Labute approximate surface area is 93.8 Å². The standard InChI is InChI=1S/C11H14ClFN2/c12-10-3-1-2-8(11(10)13)6-15-5-4-9(14)7-15/h1-3,9H,4-7,14H2. The first-order chi connectivity index (χ1) is 7.16. The van der Waals surface area contributed by atoms with Crippen molar-refractivity contribution in [1.29, 1.82) is 0 Å². The third-order valence-corrected chi connectivity index (χ3v) is 3.03. The molecule has 2 nitrogen and oxygen atoms in total. The van der Waals surface area contributed by atoms with E-state index in [2.05, 4.69) is 4.90 Å². The van der Waals surface area contributed by atoms with E-state index in [1.165, 1.54) is 0 Å². The molecule has 1 aromatic rings. The van der Waals surface area contributed by atoms with Crippen LogP contribution in [0.1, 0.15) is 12.0 Å². The molecule has 0 radical (unpaired) electrons. The molecule has 4 heteroatoms. The summed E-state index contributed by atoms with van der Waals surface area (Å²) in [5, 5.41) is 0.191. The van der Waals surface area contributed by atoms with E-state index >= 15 is 0 Å². The number of likely N-dealkylation sites (tertiary alicyclic amines) is 1. The highest BCUT2D eigenvalue weighted by Gasteiger charge is 2.20. The first-order valence-corrected chi connectivity index (χ1v) is 5.45. The minimum absolute atomic E-state index is 0.191.